The van der Waals surface area contributed by atoms with Crippen molar-refractivity contribution < 1.29 is 17.9 Å². The van der Waals surface area contributed by atoms with E-state index in [1.807, 2.05) is 18.9 Å². The van der Waals surface area contributed by atoms with Gasteiger partial charge in [0.15, 0.2) is 11.5 Å². The number of halogens is 2. The van der Waals surface area contributed by atoms with Crippen LogP contribution in [0.25, 0.3) is 22.4 Å². The van der Waals surface area contributed by atoms with Crippen molar-refractivity contribution in [2.24, 2.45) is 0 Å². The predicted molar refractivity (Wildman–Crippen MR) is 137 cm³/mol. The molecule has 10 nitrogen and oxygen atoms in total. The molecule has 2 aromatic heterocycles. The number of aliphatic hydroxyl groups is 1. The summed E-state index contributed by atoms with van der Waals surface area (Å²) in [7, 11) is -2.27. The van der Waals surface area contributed by atoms with Gasteiger partial charge in [0, 0.05) is 35.9 Å². The van der Waals surface area contributed by atoms with Crippen LogP contribution in [0.3, 0.4) is 0 Å². The largest absolute Gasteiger partial charge is 0.395 e. The molecule has 0 atom stereocenters. The summed E-state index contributed by atoms with van der Waals surface area (Å²) in [6.07, 6.45) is 0. The molecule has 4 rings (SSSR count). The number of likely N-dealkylation sites (N-methyl/N-ethyl adjacent to an activating group) is 1. The van der Waals surface area contributed by atoms with Crippen molar-refractivity contribution in [2.45, 2.75) is 11.8 Å². The standard InChI is InChI=1S/C23H25ClFN7O3S/c1-14-20-22(26-9-10-32(2)11-12-33)27-21(28-23(20)30-29-14)15-3-6-17(7-4-15)31-36(34,35)19-13-16(24)5-8-18(19)25/h3-8,13,31,33H,9-12H2,1-2H3,(H2,26,27,28,29,30). The number of H-pyrrole nitrogens is 1. The second kappa shape index (κ2) is 10.7. The first kappa shape index (κ1) is 25.8. The van der Waals surface area contributed by atoms with Crippen LogP contribution >= 0.6 is 11.6 Å². The fraction of sp³-hybridized carbons (Fsp3) is 0.261. The van der Waals surface area contributed by atoms with Crippen LogP contribution in [0.1, 0.15) is 5.69 Å². The first-order chi connectivity index (χ1) is 17.2. The highest BCUT2D eigenvalue weighted by Crippen LogP contribution is 2.28. The Balaban J connectivity index is 1.57. The van der Waals surface area contributed by atoms with E-state index in [0.29, 0.717) is 42.5 Å². The minimum Gasteiger partial charge on any atom is -0.395 e. The summed E-state index contributed by atoms with van der Waals surface area (Å²) in [5, 5.41) is 20.4. The molecule has 0 amide bonds. The number of sulfonamides is 1. The Labute approximate surface area is 212 Å². The number of hydrogen-bond donors (Lipinski definition) is 4. The molecule has 13 heteroatoms. The van der Waals surface area contributed by atoms with E-state index in [4.69, 9.17) is 16.7 Å². The molecule has 0 aliphatic rings. The number of nitrogens with one attached hydrogen (secondary N) is 3. The topological polar surface area (TPSA) is 136 Å². The van der Waals surface area contributed by atoms with E-state index < -0.39 is 20.7 Å². The zero-order valence-electron chi connectivity index (χ0n) is 19.6. The monoisotopic (exact) mass is 533 g/mol. The lowest BCUT2D eigenvalue weighted by molar-refractivity contribution is 0.225. The van der Waals surface area contributed by atoms with E-state index in [9.17, 15) is 12.8 Å². The van der Waals surface area contributed by atoms with Gasteiger partial charge in [0.2, 0.25) is 0 Å². The Kier molecular flexibility index (Phi) is 7.69. The van der Waals surface area contributed by atoms with Gasteiger partial charge in [-0.05, 0) is 56.4 Å². The fourth-order valence-corrected chi connectivity index (χ4v) is 4.96. The minimum absolute atomic E-state index is 0.0828. The molecule has 0 spiro atoms. The third-order valence-corrected chi connectivity index (χ3v) is 7.08. The van der Waals surface area contributed by atoms with Gasteiger partial charge in [-0.3, -0.25) is 9.82 Å². The second-order valence-electron chi connectivity index (χ2n) is 8.14. The molecule has 0 aliphatic heterocycles. The van der Waals surface area contributed by atoms with Gasteiger partial charge < -0.3 is 15.3 Å². The van der Waals surface area contributed by atoms with Crippen LogP contribution in [0, 0.1) is 12.7 Å². The molecule has 2 heterocycles. The number of nitrogens with zero attached hydrogens (tertiary/aromatic N) is 4. The molecule has 0 fully saturated rings. The van der Waals surface area contributed by atoms with Crippen LogP contribution in [-0.4, -0.2) is 71.9 Å². The SMILES string of the molecule is Cc1n[nH]c2nc(-c3ccc(NS(=O)(=O)c4cc(Cl)ccc4F)cc3)nc(NCCN(C)CCO)c12. The Morgan fingerprint density at radius 3 is 2.61 bits per heavy atom. The number of aromatic amines is 1. The number of benzene rings is 2. The smallest absolute Gasteiger partial charge is 0.264 e. The molecular formula is C23H25ClFN7O3S. The second-order valence-corrected chi connectivity index (χ2v) is 10.2. The van der Waals surface area contributed by atoms with E-state index in [2.05, 4.69) is 30.2 Å². The first-order valence-electron chi connectivity index (χ1n) is 11.0. The molecule has 0 saturated carbocycles. The van der Waals surface area contributed by atoms with Gasteiger partial charge in [-0.1, -0.05) is 11.6 Å². The fourth-order valence-electron chi connectivity index (χ4n) is 3.56. The summed E-state index contributed by atoms with van der Waals surface area (Å²) in [6, 6.07) is 9.74. The molecule has 0 bridgehead atoms. The quantitative estimate of drug-likeness (QED) is 0.244. The van der Waals surface area contributed by atoms with E-state index >= 15 is 0 Å². The molecule has 2 aromatic carbocycles. The average molecular weight is 534 g/mol. The lowest BCUT2D eigenvalue weighted by Gasteiger charge is -2.16. The van der Waals surface area contributed by atoms with Crippen LogP contribution in [0.15, 0.2) is 47.4 Å². The molecule has 0 radical (unpaired) electrons. The highest BCUT2D eigenvalue weighted by Gasteiger charge is 2.20. The summed E-state index contributed by atoms with van der Waals surface area (Å²) < 4.78 is 41.7. The van der Waals surface area contributed by atoms with Crippen LogP contribution in [0.4, 0.5) is 15.9 Å². The average Bonchev–Trinajstić information content (AvgIpc) is 3.21. The van der Waals surface area contributed by atoms with Crippen molar-refractivity contribution in [1.29, 1.82) is 0 Å². The zero-order valence-corrected chi connectivity index (χ0v) is 21.2. The maximum Gasteiger partial charge on any atom is 0.264 e. The molecule has 0 saturated heterocycles. The molecule has 4 N–H and O–H groups in total. The Morgan fingerprint density at radius 2 is 1.89 bits per heavy atom. The molecule has 190 valence electrons. The number of aliphatic hydroxyl groups excluding tert-OH is 1. The predicted octanol–water partition coefficient (Wildman–Crippen LogP) is 3.26. The van der Waals surface area contributed by atoms with Gasteiger partial charge in [0.1, 0.15) is 16.5 Å². The summed E-state index contributed by atoms with van der Waals surface area (Å²) in [6.45, 7) is 3.79. The molecule has 4 aromatic rings. The minimum atomic E-state index is -4.18. The highest BCUT2D eigenvalue weighted by atomic mass is 35.5. The van der Waals surface area contributed by atoms with Crippen molar-refractivity contribution in [2.75, 3.05) is 43.3 Å². The molecular weight excluding hydrogens is 509 g/mol. The number of aromatic nitrogens is 4. The maximum absolute atomic E-state index is 14.1. The number of hydrogen-bond acceptors (Lipinski definition) is 8. The summed E-state index contributed by atoms with van der Waals surface area (Å²) in [4.78, 5) is 10.7. The van der Waals surface area contributed by atoms with Crippen LogP contribution in [-0.2, 0) is 10.0 Å². The van der Waals surface area contributed by atoms with Gasteiger partial charge >= 0.3 is 0 Å². The summed E-state index contributed by atoms with van der Waals surface area (Å²) in [5.74, 6) is 0.121. The van der Waals surface area contributed by atoms with Crippen molar-refractivity contribution in [1.82, 2.24) is 25.1 Å². The first-order valence-corrected chi connectivity index (χ1v) is 12.9. The van der Waals surface area contributed by atoms with Gasteiger partial charge in [-0.15, -0.1) is 0 Å². The summed E-state index contributed by atoms with van der Waals surface area (Å²) in [5.41, 5.74) is 2.19. The van der Waals surface area contributed by atoms with Gasteiger partial charge in [-0.25, -0.2) is 22.8 Å². The lowest BCUT2D eigenvalue weighted by atomic mass is 10.2. The Bertz CT molecular complexity index is 1480. The van der Waals surface area contributed by atoms with Crippen molar-refractivity contribution >= 4 is 44.2 Å². The van der Waals surface area contributed by atoms with Crippen molar-refractivity contribution in [3.05, 3.63) is 59.0 Å². The van der Waals surface area contributed by atoms with Crippen molar-refractivity contribution in [3.8, 4) is 11.4 Å². The van der Waals surface area contributed by atoms with Gasteiger partial charge in [-0.2, -0.15) is 5.10 Å². The summed E-state index contributed by atoms with van der Waals surface area (Å²) >= 11 is 5.83. The third kappa shape index (κ3) is 5.73. The third-order valence-electron chi connectivity index (χ3n) is 5.45. The highest BCUT2D eigenvalue weighted by molar-refractivity contribution is 7.92. The number of fused-ring (bicyclic) bond motifs is 1. The van der Waals surface area contributed by atoms with Gasteiger partial charge in [0.25, 0.3) is 10.0 Å². The van der Waals surface area contributed by atoms with E-state index in [0.717, 1.165) is 23.2 Å². The number of rotatable bonds is 10. The van der Waals surface area contributed by atoms with E-state index in [1.165, 1.54) is 18.2 Å². The number of aryl methyl sites for hydroxylation is 1. The van der Waals surface area contributed by atoms with Gasteiger partial charge in [0.05, 0.1) is 17.7 Å². The number of anilines is 2. The molecule has 0 aliphatic carbocycles. The molecule has 0 unspecified atom stereocenters. The zero-order chi connectivity index (χ0) is 25.9. The van der Waals surface area contributed by atoms with E-state index in [-0.39, 0.29) is 17.3 Å². The van der Waals surface area contributed by atoms with Crippen molar-refractivity contribution in [3.63, 3.8) is 0 Å². The normalized spacial score (nSPS) is 11.8. The lowest BCUT2D eigenvalue weighted by Crippen LogP contribution is -2.28. The van der Waals surface area contributed by atoms with Crippen LogP contribution in [0.2, 0.25) is 5.02 Å². The van der Waals surface area contributed by atoms with Crippen LogP contribution < -0.4 is 10.0 Å². The van der Waals surface area contributed by atoms with Crippen LogP contribution in [0.5, 0.6) is 0 Å². The molecule has 36 heavy (non-hydrogen) atoms. The Hall–Kier alpha value is -3.32. The maximum atomic E-state index is 14.1. The Morgan fingerprint density at radius 1 is 1.14 bits per heavy atom. The van der Waals surface area contributed by atoms with E-state index in [1.54, 1.807) is 12.1 Å².